The van der Waals surface area contributed by atoms with Crippen molar-refractivity contribution < 1.29 is 4.79 Å². The minimum Gasteiger partial charge on any atom is -0.308 e. The number of nitrogens with one attached hydrogen (secondary N) is 2. The lowest BCUT2D eigenvalue weighted by Gasteiger charge is -2.04. The number of halogens is 1. The van der Waals surface area contributed by atoms with Gasteiger partial charge in [-0.25, -0.2) is 4.98 Å². The minimum absolute atomic E-state index is 0.128. The van der Waals surface area contributed by atoms with Crippen molar-refractivity contribution in [1.82, 2.24) is 10.3 Å². The maximum Gasteiger partial charge on any atom is 0.225 e. The van der Waals surface area contributed by atoms with Crippen LogP contribution < -0.4 is 10.6 Å². The van der Waals surface area contributed by atoms with Crippen molar-refractivity contribution in [3.05, 3.63) is 23.2 Å². The smallest absolute Gasteiger partial charge is 0.225 e. The molecule has 2 N–H and O–H groups in total. The molecular weight excluding hydrogens is 290 g/mol. The molecule has 0 saturated carbocycles. The fourth-order valence-corrected chi connectivity index (χ4v) is 2.72. The molecule has 1 amide bonds. The van der Waals surface area contributed by atoms with Crippen LogP contribution >= 0.6 is 35.2 Å². The minimum atomic E-state index is -0.128. The number of fused-ring (bicyclic) bond motifs is 1. The fourth-order valence-electron chi connectivity index (χ4n) is 1.30. The highest BCUT2D eigenvalue weighted by molar-refractivity contribution is 7.80. The second-order valence-corrected chi connectivity index (χ2v) is 5.36. The quantitative estimate of drug-likeness (QED) is 0.836. The Labute approximate surface area is 118 Å². The first-order valence-electron chi connectivity index (χ1n) is 5.25. The zero-order chi connectivity index (χ0) is 13.1. The van der Waals surface area contributed by atoms with Gasteiger partial charge in [-0.1, -0.05) is 29.9 Å². The van der Waals surface area contributed by atoms with Gasteiger partial charge in [0, 0.05) is 11.4 Å². The summed E-state index contributed by atoms with van der Waals surface area (Å²) in [6.45, 7) is 1.76. The van der Waals surface area contributed by atoms with E-state index in [0.717, 1.165) is 10.2 Å². The van der Waals surface area contributed by atoms with Gasteiger partial charge in [-0.2, -0.15) is 0 Å². The Morgan fingerprint density at radius 2 is 2.33 bits per heavy atom. The van der Waals surface area contributed by atoms with Crippen LogP contribution in [0.5, 0.6) is 0 Å². The van der Waals surface area contributed by atoms with E-state index in [2.05, 4.69) is 15.6 Å². The van der Waals surface area contributed by atoms with Crippen molar-refractivity contribution in [2.45, 2.75) is 13.3 Å². The van der Waals surface area contributed by atoms with Gasteiger partial charge in [0.15, 0.2) is 10.2 Å². The van der Waals surface area contributed by atoms with Gasteiger partial charge >= 0.3 is 0 Å². The van der Waals surface area contributed by atoms with E-state index in [1.165, 1.54) is 11.3 Å². The summed E-state index contributed by atoms with van der Waals surface area (Å²) in [5.41, 5.74) is 0.844. The van der Waals surface area contributed by atoms with Crippen LogP contribution in [0.15, 0.2) is 18.2 Å². The SMILES string of the molecule is CCC(=O)NC(=S)Nc1nc2ccc(Cl)cc2s1. The number of nitrogens with zero attached hydrogens (tertiary/aromatic N) is 1. The number of anilines is 1. The molecule has 0 spiro atoms. The molecule has 0 radical (unpaired) electrons. The lowest BCUT2D eigenvalue weighted by molar-refractivity contribution is -0.119. The third kappa shape index (κ3) is 3.16. The van der Waals surface area contributed by atoms with Crippen LogP contribution in [0.2, 0.25) is 5.02 Å². The van der Waals surface area contributed by atoms with Crippen LogP contribution in [0, 0.1) is 0 Å². The summed E-state index contributed by atoms with van der Waals surface area (Å²) in [5, 5.41) is 6.99. The highest BCUT2D eigenvalue weighted by Crippen LogP contribution is 2.28. The molecule has 2 aromatic rings. The van der Waals surface area contributed by atoms with Crippen molar-refractivity contribution in [2.24, 2.45) is 0 Å². The number of rotatable bonds is 2. The Morgan fingerprint density at radius 1 is 1.56 bits per heavy atom. The molecule has 1 heterocycles. The molecule has 0 fully saturated rings. The number of benzene rings is 1. The number of amides is 1. The average Bonchev–Trinajstić information content (AvgIpc) is 2.69. The number of thiocarbonyl (C=S) groups is 1. The van der Waals surface area contributed by atoms with Crippen LogP contribution in [0.3, 0.4) is 0 Å². The molecule has 0 atom stereocenters. The Balaban J connectivity index is 2.12. The molecule has 94 valence electrons. The van der Waals surface area contributed by atoms with Crippen LogP contribution in [0.4, 0.5) is 5.13 Å². The number of carbonyl (C=O) groups excluding carboxylic acids is 1. The molecule has 0 aliphatic rings. The topological polar surface area (TPSA) is 54.0 Å². The van der Waals surface area contributed by atoms with Gasteiger partial charge in [0.25, 0.3) is 0 Å². The molecule has 0 unspecified atom stereocenters. The summed E-state index contributed by atoms with van der Waals surface area (Å²) in [7, 11) is 0. The van der Waals surface area contributed by atoms with E-state index in [1.54, 1.807) is 13.0 Å². The van der Waals surface area contributed by atoms with E-state index in [4.69, 9.17) is 23.8 Å². The molecule has 0 aliphatic heterocycles. The normalized spacial score (nSPS) is 10.3. The van der Waals surface area contributed by atoms with Gasteiger partial charge in [-0.05, 0) is 30.4 Å². The van der Waals surface area contributed by atoms with Gasteiger partial charge in [0.1, 0.15) is 0 Å². The van der Waals surface area contributed by atoms with Crippen molar-refractivity contribution in [1.29, 1.82) is 0 Å². The van der Waals surface area contributed by atoms with E-state index in [9.17, 15) is 4.79 Å². The Kier molecular flexibility index (Phi) is 4.11. The Bertz CT molecular complexity index is 611. The molecule has 2 rings (SSSR count). The zero-order valence-electron chi connectivity index (χ0n) is 9.49. The first kappa shape index (κ1) is 13.2. The number of hydrogen-bond donors (Lipinski definition) is 2. The zero-order valence-corrected chi connectivity index (χ0v) is 11.9. The van der Waals surface area contributed by atoms with E-state index < -0.39 is 0 Å². The van der Waals surface area contributed by atoms with Gasteiger partial charge in [0.2, 0.25) is 5.91 Å². The first-order chi connectivity index (χ1) is 8.58. The molecular formula is C11H10ClN3OS2. The van der Waals surface area contributed by atoms with Crippen molar-refractivity contribution in [3.8, 4) is 0 Å². The summed E-state index contributed by atoms with van der Waals surface area (Å²) in [4.78, 5) is 15.5. The van der Waals surface area contributed by atoms with Crippen LogP contribution in [-0.4, -0.2) is 16.0 Å². The van der Waals surface area contributed by atoms with Crippen LogP contribution in [-0.2, 0) is 4.79 Å². The van der Waals surface area contributed by atoms with Crippen LogP contribution in [0.25, 0.3) is 10.2 Å². The summed E-state index contributed by atoms with van der Waals surface area (Å²) >= 11 is 12.3. The molecule has 4 nitrogen and oxygen atoms in total. The van der Waals surface area contributed by atoms with Crippen molar-refractivity contribution in [3.63, 3.8) is 0 Å². The van der Waals surface area contributed by atoms with Gasteiger partial charge < -0.3 is 10.6 Å². The Hall–Kier alpha value is -1.24. The lowest BCUT2D eigenvalue weighted by atomic mass is 10.3. The lowest BCUT2D eigenvalue weighted by Crippen LogP contribution is -2.33. The molecule has 0 saturated heterocycles. The van der Waals surface area contributed by atoms with E-state index in [-0.39, 0.29) is 11.0 Å². The number of carbonyl (C=O) groups is 1. The summed E-state index contributed by atoms with van der Waals surface area (Å²) in [6, 6.07) is 5.46. The van der Waals surface area contributed by atoms with Gasteiger partial charge in [0.05, 0.1) is 10.2 Å². The maximum absolute atomic E-state index is 11.2. The predicted octanol–water partition coefficient (Wildman–Crippen LogP) is 3.17. The largest absolute Gasteiger partial charge is 0.308 e. The third-order valence-corrected chi connectivity index (χ3v) is 3.52. The summed E-state index contributed by atoms with van der Waals surface area (Å²) in [5.74, 6) is -0.128. The van der Waals surface area contributed by atoms with Crippen LogP contribution in [0.1, 0.15) is 13.3 Å². The number of thiazole rings is 1. The van der Waals surface area contributed by atoms with Crippen molar-refractivity contribution >= 4 is 61.5 Å². The highest BCUT2D eigenvalue weighted by atomic mass is 35.5. The third-order valence-electron chi connectivity index (χ3n) is 2.15. The predicted molar refractivity (Wildman–Crippen MR) is 79.3 cm³/mol. The second-order valence-electron chi connectivity index (χ2n) is 3.49. The molecule has 0 bridgehead atoms. The van der Waals surface area contributed by atoms with E-state index >= 15 is 0 Å². The maximum atomic E-state index is 11.2. The highest BCUT2D eigenvalue weighted by Gasteiger charge is 2.07. The fraction of sp³-hybridized carbons (Fsp3) is 0.182. The van der Waals surface area contributed by atoms with Crippen molar-refractivity contribution in [2.75, 3.05) is 5.32 Å². The number of aromatic nitrogens is 1. The first-order valence-corrected chi connectivity index (χ1v) is 6.85. The monoisotopic (exact) mass is 299 g/mol. The van der Waals surface area contributed by atoms with E-state index in [0.29, 0.717) is 16.6 Å². The number of hydrogen-bond acceptors (Lipinski definition) is 4. The molecule has 1 aromatic carbocycles. The average molecular weight is 300 g/mol. The summed E-state index contributed by atoms with van der Waals surface area (Å²) < 4.78 is 0.967. The molecule has 18 heavy (non-hydrogen) atoms. The molecule has 7 heteroatoms. The standard InChI is InChI=1S/C11H10ClN3OS2/c1-2-9(16)14-10(17)15-11-13-7-4-3-6(12)5-8(7)18-11/h3-5H,2H2,1H3,(H2,13,14,15,16,17). The van der Waals surface area contributed by atoms with Gasteiger partial charge in [-0.3, -0.25) is 4.79 Å². The van der Waals surface area contributed by atoms with E-state index in [1.807, 2.05) is 12.1 Å². The second kappa shape index (κ2) is 5.60. The Morgan fingerprint density at radius 3 is 3.06 bits per heavy atom. The molecule has 1 aromatic heterocycles. The summed E-state index contributed by atoms with van der Waals surface area (Å²) in [6.07, 6.45) is 0.386. The molecule has 0 aliphatic carbocycles. The van der Waals surface area contributed by atoms with Gasteiger partial charge in [-0.15, -0.1) is 0 Å².